The fraction of sp³-hybridized carbons (Fsp3) is 0.125. The highest BCUT2D eigenvalue weighted by atomic mass is 79.9. The molecule has 0 amide bonds. The molecule has 1 rings (SSSR count). The molecule has 0 saturated heterocycles. The van der Waals surface area contributed by atoms with E-state index in [0.717, 1.165) is 12.1 Å². The van der Waals surface area contributed by atoms with Crippen LogP contribution in [0, 0.1) is 15.9 Å². The first-order valence-electron chi connectivity index (χ1n) is 3.59. The van der Waals surface area contributed by atoms with Crippen LogP contribution in [-0.4, -0.2) is 11.2 Å². The third kappa shape index (κ3) is 2.14. The molecule has 0 aliphatic heterocycles. The Kier molecular flexibility index (Phi) is 3.29. The summed E-state index contributed by atoms with van der Waals surface area (Å²) in [5, 5.41) is 10.3. The maximum atomic E-state index is 12.8. The van der Waals surface area contributed by atoms with Gasteiger partial charge in [0.1, 0.15) is 6.29 Å². The fourth-order valence-corrected chi connectivity index (χ4v) is 1.20. The predicted octanol–water partition coefficient (Wildman–Crippen LogP) is 2.37. The number of carbonyl (C=O) groups is 1. The molecule has 14 heavy (non-hydrogen) atoms. The normalized spacial score (nSPS) is 12.1. The topological polar surface area (TPSA) is 60.2 Å². The van der Waals surface area contributed by atoms with E-state index in [4.69, 9.17) is 0 Å². The zero-order valence-electron chi connectivity index (χ0n) is 6.81. The quantitative estimate of drug-likeness (QED) is 0.363. The van der Waals surface area contributed by atoms with Crippen LogP contribution in [0.1, 0.15) is 10.4 Å². The average Bonchev–Trinajstić information content (AvgIpc) is 2.17. The third-order valence-corrected chi connectivity index (χ3v) is 2.35. The van der Waals surface area contributed by atoms with E-state index in [0.29, 0.717) is 11.8 Å². The number of nitro benzene ring substituents is 1. The van der Waals surface area contributed by atoms with Crippen molar-refractivity contribution in [3.8, 4) is 0 Å². The number of benzene rings is 1. The summed E-state index contributed by atoms with van der Waals surface area (Å²) >= 11 is 2.98. The summed E-state index contributed by atoms with van der Waals surface area (Å²) in [5.41, 5.74) is -0.276. The first-order chi connectivity index (χ1) is 6.56. The smallest absolute Gasteiger partial charge is 0.302 e. The molecule has 0 aliphatic rings. The molecule has 0 spiro atoms. The predicted molar refractivity (Wildman–Crippen MR) is 50.8 cm³/mol. The van der Waals surface area contributed by atoms with Gasteiger partial charge in [-0.2, -0.15) is 4.39 Å². The summed E-state index contributed by atoms with van der Waals surface area (Å²) in [5.74, 6) is -0.913. The van der Waals surface area contributed by atoms with Gasteiger partial charge >= 0.3 is 5.69 Å². The Labute approximate surface area is 87.0 Å². The van der Waals surface area contributed by atoms with Gasteiger partial charge in [-0.05, 0) is 11.6 Å². The van der Waals surface area contributed by atoms with Crippen molar-refractivity contribution in [1.82, 2.24) is 0 Å². The summed E-state index contributed by atoms with van der Waals surface area (Å²) in [6.45, 7) is 0. The highest BCUT2D eigenvalue weighted by molar-refractivity contribution is 9.09. The lowest BCUT2D eigenvalue weighted by Crippen LogP contribution is -1.96. The molecule has 0 radical (unpaired) electrons. The van der Waals surface area contributed by atoms with Gasteiger partial charge in [-0.1, -0.05) is 22.0 Å². The molecule has 0 heterocycles. The van der Waals surface area contributed by atoms with Crippen LogP contribution < -0.4 is 0 Å². The monoisotopic (exact) mass is 261 g/mol. The minimum absolute atomic E-state index is 0.355. The molecular formula is C8H5BrFNO3. The maximum absolute atomic E-state index is 12.8. The summed E-state index contributed by atoms with van der Waals surface area (Å²) in [7, 11) is 0. The van der Waals surface area contributed by atoms with Gasteiger partial charge in [-0.3, -0.25) is 10.1 Å². The largest absolute Gasteiger partial charge is 0.305 e. The SMILES string of the molecule is O=C[C@@H](Br)c1ccc(F)c([N+](=O)[O-])c1. The Hall–Kier alpha value is -1.30. The summed E-state index contributed by atoms with van der Waals surface area (Å²) in [6, 6.07) is 3.31. The van der Waals surface area contributed by atoms with Crippen molar-refractivity contribution >= 4 is 27.9 Å². The number of hydrogen-bond donors (Lipinski definition) is 0. The minimum atomic E-state index is -0.913. The van der Waals surface area contributed by atoms with Crippen LogP contribution >= 0.6 is 15.9 Å². The van der Waals surface area contributed by atoms with Crippen LogP contribution in [0.15, 0.2) is 18.2 Å². The van der Waals surface area contributed by atoms with E-state index in [9.17, 15) is 19.3 Å². The summed E-state index contributed by atoms with van der Waals surface area (Å²) < 4.78 is 12.8. The number of rotatable bonds is 3. The summed E-state index contributed by atoms with van der Waals surface area (Å²) in [6.07, 6.45) is 0.566. The van der Waals surface area contributed by atoms with Gasteiger partial charge in [0.05, 0.1) is 9.75 Å². The zero-order valence-corrected chi connectivity index (χ0v) is 8.40. The van der Waals surface area contributed by atoms with Crippen molar-refractivity contribution in [3.63, 3.8) is 0 Å². The maximum Gasteiger partial charge on any atom is 0.305 e. The van der Waals surface area contributed by atoms with Crippen LogP contribution in [-0.2, 0) is 4.79 Å². The van der Waals surface area contributed by atoms with Gasteiger partial charge in [0.15, 0.2) is 0 Å². The molecule has 0 fully saturated rings. The molecule has 1 aromatic rings. The van der Waals surface area contributed by atoms with Crippen molar-refractivity contribution in [3.05, 3.63) is 39.7 Å². The molecule has 74 valence electrons. The van der Waals surface area contributed by atoms with Crippen LogP contribution in [0.3, 0.4) is 0 Å². The van der Waals surface area contributed by atoms with Crippen LogP contribution in [0.5, 0.6) is 0 Å². The van der Waals surface area contributed by atoms with E-state index >= 15 is 0 Å². The molecule has 0 saturated carbocycles. The Balaban J connectivity index is 3.19. The van der Waals surface area contributed by atoms with Gasteiger partial charge in [-0.25, -0.2) is 0 Å². The number of alkyl halides is 1. The zero-order chi connectivity index (χ0) is 10.7. The van der Waals surface area contributed by atoms with Gasteiger partial charge in [0.25, 0.3) is 0 Å². The van der Waals surface area contributed by atoms with Gasteiger partial charge in [0.2, 0.25) is 5.82 Å². The number of hydrogen-bond acceptors (Lipinski definition) is 3. The third-order valence-electron chi connectivity index (χ3n) is 1.60. The van der Waals surface area contributed by atoms with Crippen molar-refractivity contribution < 1.29 is 14.1 Å². The molecular weight excluding hydrogens is 257 g/mol. The minimum Gasteiger partial charge on any atom is -0.302 e. The van der Waals surface area contributed by atoms with Crippen LogP contribution in [0.2, 0.25) is 0 Å². The number of carbonyl (C=O) groups excluding carboxylic acids is 1. The second-order valence-corrected chi connectivity index (χ2v) is 3.49. The molecule has 0 unspecified atom stereocenters. The van der Waals surface area contributed by atoms with E-state index in [2.05, 4.69) is 15.9 Å². The van der Waals surface area contributed by atoms with Gasteiger partial charge in [-0.15, -0.1) is 0 Å². The molecule has 0 bridgehead atoms. The molecule has 0 N–H and O–H groups in total. The lowest BCUT2D eigenvalue weighted by molar-refractivity contribution is -0.387. The molecule has 0 aliphatic carbocycles. The number of nitrogens with zero attached hydrogens (tertiary/aromatic N) is 1. The molecule has 0 aromatic heterocycles. The first-order valence-corrected chi connectivity index (χ1v) is 4.51. The Bertz CT molecular complexity index is 383. The molecule has 4 nitrogen and oxygen atoms in total. The van der Waals surface area contributed by atoms with E-state index in [1.54, 1.807) is 0 Å². The van der Waals surface area contributed by atoms with Gasteiger partial charge < -0.3 is 4.79 Å². The Morgan fingerprint density at radius 1 is 1.57 bits per heavy atom. The Morgan fingerprint density at radius 3 is 2.71 bits per heavy atom. The number of aldehydes is 1. The second-order valence-electron chi connectivity index (χ2n) is 2.51. The van der Waals surface area contributed by atoms with Crippen molar-refractivity contribution in [2.24, 2.45) is 0 Å². The van der Waals surface area contributed by atoms with Crippen LogP contribution in [0.25, 0.3) is 0 Å². The van der Waals surface area contributed by atoms with Crippen LogP contribution in [0.4, 0.5) is 10.1 Å². The highest BCUT2D eigenvalue weighted by Crippen LogP contribution is 2.26. The number of nitro groups is 1. The lowest BCUT2D eigenvalue weighted by atomic mass is 10.1. The first kappa shape index (κ1) is 10.8. The van der Waals surface area contributed by atoms with E-state index in [1.807, 2.05) is 0 Å². The van der Waals surface area contributed by atoms with E-state index in [1.165, 1.54) is 6.07 Å². The molecule has 1 aromatic carbocycles. The standard InChI is InChI=1S/C8H5BrFNO3/c9-6(4-12)5-1-2-7(10)8(3-5)11(13)14/h1-4,6H/t6-/m1/s1. The van der Waals surface area contributed by atoms with Crippen molar-refractivity contribution in [2.45, 2.75) is 4.83 Å². The fourth-order valence-electron chi connectivity index (χ4n) is 0.920. The highest BCUT2D eigenvalue weighted by Gasteiger charge is 2.16. The van der Waals surface area contributed by atoms with Crippen molar-refractivity contribution in [2.75, 3.05) is 0 Å². The summed E-state index contributed by atoms with van der Waals surface area (Å²) in [4.78, 5) is 19.2. The molecule has 1 atom stereocenters. The lowest BCUT2D eigenvalue weighted by Gasteiger charge is -2.01. The molecule has 6 heteroatoms. The number of halogens is 2. The van der Waals surface area contributed by atoms with Crippen molar-refractivity contribution in [1.29, 1.82) is 0 Å². The van der Waals surface area contributed by atoms with E-state index < -0.39 is 21.3 Å². The average molecular weight is 262 g/mol. The van der Waals surface area contributed by atoms with Gasteiger partial charge in [0, 0.05) is 6.07 Å². The van der Waals surface area contributed by atoms with E-state index in [-0.39, 0.29) is 0 Å². The second kappa shape index (κ2) is 4.28. The Morgan fingerprint density at radius 2 is 2.21 bits per heavy atom.